The van der Waals surface area contributed by atoms with E-state index in [1.807, 2.05) is 0 Å². The van der Waals surface area contributed by atoms with Gasteiger partial charge in [-0.15, -0.1) is 0 Å². The third-order valence-electron chi connectivity index (χ3n) is 3.14. The van der Waals surface area contributed by atoms with Crippen LogP contribution in [0.15, 0.2) is 42.5 Å². The minimum Gasteiger partial charge on any atom is -0.309 e. The molecule has 18 heavy (non-hydrogen) atoms. The maximum absolute atomic E-state index is 3.62. The highest BCUT2D eigenvalue weighted by molar-refractivity contribution is 5.83. The first-order valence-electron chi connectivity index (χ1n) is 6.72. The third-order valence-corrected chi connectivity index (χ3v) is 3.14. The maximum atomic E-state index is 3.62. The number of benzene rings is 2. The van der Waals surface area contributed by atoms with Crippen LogP contribution in [-0.4, -0.2) is 11.6 Å². The molecule has 1 nitrogen and oxygen atoms in total. The number of nitrogens with one attached hydrogen (secondary N) is 1. The molecule has 0 aliphatic rings. The van der Waals surface area contributed by atoms with Crippen LogP contribution in [0, 0.1) is 0 Å². The summed E-state index contributed by atoms with van der Waals surface area (Å²) >= 11 is 0. The lowest BCUT2D eigenvalue weighted by Gasteiger charge is -2.29. The zero-order valence-corrected chi connectivity index (χ0v) is 11.8. The Bertz CT molecular complexity index is 526. The highest BCUT2D eigenvalue weighted by Gasteiger charge is 2.18. The quantitative estimate of drug-likeness (QED) is 0.847. The summed E-state index contributed by atoms with van der Waals surface area (Å²) in [7, 11) is 0. The topological polar surface area (TPSA) is 12.0 Å². The van der Waals surface area contributed by atoms with Crippen LogP contribution in [-0.2, 0) is 6.42 Å². The molecule has 0 atom stereocenters. The van der Waals surface area contributed by atoms with Gasteiger partial charge in [-0.1, -0.05) is 56.3 Å². The Morgan fingerprint density at radius 1 is 1.00 bits per heavy atom. The number of fused-ring (bicyclic) bond motifs is 1. The first-order valence-corrected chi connectivity index (χ1v) is 6.72. The van der Waals surface area contributed by atoms with Crippen LogP contribution >= 0.6 is 0 Å². The van der Waals surface area contributed by atoms with Gasteiger partial charge in [-0.25, -0.2) is 0 Å². The number of rotatable bonds is 4. The SMILES string of the molecule is CC(C)NC(C)(C)Cc1ccc2ccccc2c1. The fourth-order valence-corrected chi connectivity index (χ4v) is 2.69. The van der Waals surface area contributed by atoms with Crippen molar-refractivity contribution in [2.24, 2.45) is 0 Å². The van der Waals surface area contributed by atoms with Gasteiger partial charge in [0, 0.05) is 11.6 Å². The summed E-state index contributed by atoms with van der Waals surface area (Å²) in [5, 5.41) is 6.26. The molecule has 0 heterocycles. The lowest BCUT2D eigenvalue weighted by atomic mass is 9.93. The molecule has 0 bridgehead atoms. The van der Waals surface area contributed by atoms with Gasteiger partial charge in [0.25, 0.3) is 0 Å². The fourth-order valence-electron chi connectivity index (χ4n) is 2.69. The minimum absolute atomic E-state index is 0.136. The summed E-state index contributed by atoms with van der Waals surface area (Å²) in [4.78, 5) is 0. The van der Waals surface area contributed by atoms with Gasteiger partial charge in [-0.3, -0.25) is 0 Å². The zero-order valence-electron chi connectivity index (χ0n) is 11.8. The van der Waals surface area contributed by atoms with Crippen LogP contribution in [0.3, 0.4) is 0 Å². The molecule has 96 valence electrons. The van der Waals surface area contributed by atoms with Gasteiger partial charge in [0.05, 0.1) is 0 Å². The monoisotopic (exact) mass is 241 g/mol. The van der Waals surface area contributed by atoms with Crippen molar-refractivity contribution in [3.8, 4) is 0 Å². The standard InChI is InChI=1S/C17H23N/c1-13(2)18-17(3,4)12-14-9-10-15-7-5-6-8-16(15)11-14/h5-11,13,18H,12H2,1-4H3. The van der Waals surface area contributed by atoms with Gasteiger partial charge in [-0.2, -0.15) is 0 Å². The molecule has 0 amide bonds. The Kier molecular flexibility index (Phi) is 3.72. The van der Waals surface area contributed by atoms with Gasteiger partial charge in [0.1, 0.15) is 0 Å². The van der Waals surface area contributed by atoms with Crippen LogP contribution in [0.4, 0.5) is 0 Å². The molecule has 2 aromatic rings. The molecule has 0 aromatic heterocycles. The van der Waals surface area contributed by atoms with Crippen molar-refractivity contribution in [1.82, 2.24) is 5.32 Å². The Morgan fingerprint density at radius 3 is 2.33 bits per heavy atom. The summed E-state index contributed by atoms with van der Waals surface area (Å²) in [6.07, 6.45) is 1.05. The first kappa shape index (κ1) is 13.1. The van der Waals surface area contributed by atoms with E-state index in [-0.39, 0.29) is 5.54 Å². The van der Waals surface area contributed by atoms with Crippen molar-refractivity contribution in [3.05, 3.63) is 48.0 Å². The highest BCUT2D eigenvalue weighted by atomic mass is 15.0. The fraction of sp³-hybridized carbons (Fsp3) is 0.412. The number of hydrogen-bond donors (Lipinski definition) is 1. The van der Waals surface area contributed by atoms with Crippen molar-refractivity contribution in [2.45, 2.75) is 45.7 Å². The molecule has 2 rings (SSSR count). The predicted octanol–water partition coefficient (Wildman–Crippen LogP) is 4.16. The van der Waals surface area contributed by atoms with Crippen LogP contribution in [0.2, 0.25) is 0 Å². The van der Waals surface area contributed by atoms with Gasteiger partial charge in [0.15, 0.2) is 0 Å². The van der Waals surface area contributed by atoms with Crippen LogP contribution < -0.4 is 5.32 Å². The smallest absolute Gasteiger partial charge is 0.0167 e. The second-order valence-corrected chi connectivity index (χ2v) is 6.04. The van der Waals surface area contributed by atoms with Gasteiger partial charge >= 0.3 is 0 Å². The average molecular weight is 241 g/mol. The van der Waals surface area contributed by atoms with E-state index in [0.717, 1.165) is 6.42 Å². The van der Waals surface area contributed by atoms with Crippen LogP contribution in [0.25, 0.3) is 10.8 Å². The molecular weight excluding hydrogens is 218 g/mol. The molecule has 1 N–H and O–H groups in total. The zero-order chi connectivity index (χ0) is 13.2. The van der Waals surface area contributed by atoms with E-state index in [1.54, 1.807) is 0 Å². The van der Waals surface area contributed by atoms with Crippen molar-refractivity contribution < 1.29 is 0 Å². The summed E-state index contributed by atoms with van der Waals surface area (Å²) in [6.45, 7) is 8.93. The van der Waals surface area contributed by atoms with E-state index >= 15 is 0 Å². The molecule has 2 aromatic carbocycles. The third kappa shape index (κ3) is 3.33. The Labute approximate surface area is 110 Å². The molecule has 0 radical (unpaired) electrons. The van der Waals surface area contributed by atoms with Crippen molar-refractivity contribution in [1.29, 1.82) is 0 Å². The number of hydrogen-bond acceptors (Lipinski definition) is 1. The van der Waals surface area contributed by atoms with Gasteiger partial charge in [0.2, 0.25) is 0 Å². The average Bonchev–Trinajstić information content (AvgIpc) is 2.26. The largest absolute Gasteiger partial charge is 0.309 e. The second kappa shape index (κ2) is 5.11. The maximum Gasteiger partial charge on any atom is 0.0167 e. The van der Waals surface area contributed by atoms with Gasteiger partial charge in [-0.05, 0) is 36.6 Å². The highest BCUT2D eigenvalue weighted by Crippen LogP contribution is 2.19. The van der Waals surface area contributed by atoms with Gasteiger partial charge < -0.3 is 5.32 Å². The summed E-state index contributed by atoms with van der Waals surface area (Å²) in [5.74, 6) is 0. The van der Waals surface area contributed by atoms with E-state index in [9.17, 15) is 0 Å². The van der Waals surface area contributed by atoms with E-state index in [2.05, 4.69) is 75.5 Å². The van der Waals surface area contributed by atoms with Crippen molar-refractivity contribution in [3.63, 3.8) is 0 Å². The molecular formula is C17H23N. The predicted molar refractivity (Wildman–Crippen MR) is 80.0 cm³/mol. The molecule has 0 aliphatic heterocycles. The molecule has 0 saturated carbocycles. The summed E-state index contributed by atoms with van der Waals surface area (Å²) < 4.78 is 0. The molecule has 0 spiro atoms. The first-order chi connectivity index (χ1) is 8.46. The molecule has 0 fully saturated rings. The second-order valence-electron chi connectivity index (χ2n) is 6.04. The minimum atomic E-state index is 0.136. The molecule has 0 aliphatic carbocycles. The Hall–Kier alpha value is -1.34. The molecule has 0 unspecified atom stereocenters. The van der Waals surface area contributed by atoms with Crippen LogP contribution in [0.1, 0.15) is 33.3 Å². The van der Waals surface area contributed by atoms with E-state index in [4.69, 9.17) is 0 Å². The van der Waals surface area contributed by atoms with E-state index < -0.39 is 0 Å². The van der Waals surface area contributed by atoms with Crippen molar-refractivity contribution in [2.75, 3.05) is 0 Å². The van der Waals surface area contributed by atoms with E-state index in [0.29, 0.717) is 6.04 Å². The lowest BCUT2D eigenvalue weighted by molar-refractivity contribution is 0.353. The van der Waals surface area contributed by atoms with Crippen LogP contribution in [0.5, 0.6) is 0 Å². The Balaban J connectivity index is 2.21. The molecule has 0 saturated heterocycles. The van der Waals surface area contributed by atoms with Crippen molar-refractivity contribution >= 4 is 10.8 Å². The summed E-state index contributed by atoms with van der Waals surface area (Å²) in [5.41, 5.74) is 1.53. The molecule has 1 heteroatoms. The lowest BCUT2D eigenvalue weighted by Crippen LogP contribution is -2.45. The normalized spacial score (nSPS) is 12.3. The Morgan fingerprint density at radius 2 is 1.67 bits per heavy atom. The van der Waals surface area contributed by atoms with E-state index in [1.165, 1.54) is 16.3 Å². The summed E-state index contributed by atoms with van der Waals surface area (Å²) in [6, 6.07) is 15.8.